The number of thioether (sulfide) groups is 1. The fourth-order valence-corrected chi connectivity index (χ4v) is 7.78. The number of nitrogens with zero attached hydrogens (tertiary/aromatic N) is 2. The number of halogens is 2. The number of aliphatic hydroxyl groups is 1. The molecule has 3 nitrogen and oxygen atoms in total. The molecular formula is C31H34F2N2OS. The minimum absolute atomic E-state index is 0.151. The number of hydrogen-bond acceptors (Lipinski definition) is 4. The van der Waals surface area contributed by atoms with E-state index in [-0.39, 0.29) is 17.6 Å². The van der Waals surface area contributed by atoms with Crippen LogP contribution in [0.4, 0.5) is 14.5 Å². The van der Waals surface area contributed by atoms with Crippen molar-refractivity contribution in [3.63, 3.8) is 0 Å². The van der Waals surface area contributed by atoms with Gasteiger partial charge in [0.25, 0.3) is 0 Å². The van der Waals surface area contributed by atoms with Crippen molar-refractivity contribution in [1.29, 1.82) is 0 Å². The Morgan fingerprint density at radius 3 is 2.32 bits per heavy atom. The maximum Gasteiger partial charge on any atom is 0.123 e. The van der Waals surface area contributed by atoms with Crippen LogP contribution in [0, 0.1) is 17.6 Å². The summed E-state index contributed by atoms with van der Waals surface area (Å²) in [7, 11) is 0. The number of likely N-dealkylation sites (tertiary alicyclic amines) is 1. The van der Waals surface area contributed by atoms with Crippen LogP contribution >= 0.6 is 11.8 Å². The summed E-state index contributed by atoms with van der Waals surface area (Å²) in [5, 5.41) is 12.1. The summed E-state index contributed by atoms with van der Waals surface area (Å²) in [6, 6.07) is 19.5. The Morgan fingerprint density at radius 2 is 1.65 bits per heavy atom. The second-order valence-electron chi connectivity index (χ2n) is 10.8. The van der Waals surface area contributed by atoms with Gasteiger partial charge < -0.3 is 14.9 Å². The molecule has 3 heterocycles. The predicted octanol–water partition coefficient (Wildman–Crippen LogP) is 6.40. The van der Waals surface area contributed by atoms with Gasteiger partial charge in [0, 0.05) is 36.5 Å². The molecule has 3 aliphatic heterocycles. The first-order valence-electron chi connectivity index (χ1n) is 13.4. The molecule has 3 aromatic carbocycles. The highest BCUT2D eigenvalue weighted by Crippen LogP contribution is 2.50. The number of anilines is 1. The Balaban J connectivity index is 1.21. The third kappa shape index (κ3) is 4.47. The minimum Gasteiger partial charge on any atom is -0.380 e. The molecule has 0 bridgehead atoms. The number of benzene rings is 3. The van der Waals surface area contributed by atoms with Gasteiger partial charge in [-0.05, 0) is 84.5 Å². The molecule has 1 fully saturated rings. The number of para-hydroxylation sites is 1. The van der Waals surface area contributed by atoms with Gasteiger partial charge in [-0.3, -0.25) is 0 Å². The first-order chi connectivity index (χ1) is 17.9. The minimum atomic E-state index is -1.33. The smallest absolute Gasteiger partial charge is 0.123 e. The molecule has 0 saturated carbocycles. The maximum absolute atomic E-state index is 13.7. The molecule has 1 saturated heterocycles. The van der Waals surface area contributed by atoms with Gasteiger partial charge in [-0.15, -0.1) is 11.8 Å². The van der Waals surface area contributed by atoms with Crippen LogP contribution in [0.15, 0.2) is 71.6 Å². The Labute approximate surface area is 222 Å². The van der Waals surface area contributed by atoms with Crippen molar-refractivity contribution in [2.45, 2.75) is 48.6 Å². The number of piperidine rings is 1. The number of hydrogen-bond donors (Lipinski definition) is 1. The van der Waals surface area contributed by atoms with Crippen LogP contribution in [-0.4, -0.2) is 48.0 Å². The lowest BCUT2D eigenvalue weighted by Gasteiger charge is -2.40. The van der Waals surface area contributed by atoms with Crippen molar-refractivity contribution in [1.82, 2.24) is 4.90 Å². The molecule has 0 radical (unpaired) electrons. The van der Waals surface area contributed by atoms with Crippen LogP contribution in [0.1, 0.15) is 48.8 Å². The van der Waals surface area contributed by atoms with E-state index >= 15 is 0 Å². The van der Waals surface area contributed by atoms with Crippen LogP contribution in [0.25, 0.3) is 0 Å². The van der Waals surface area contributed by atoms with Gasteiger partial charge in [0.05, 0.1) is 5.69 Å². The van der Waals surface area contributed by atoms with Crippen LogP contribution in [0.5, 0.6) is 0 Å². The van der Waals surface area contributed by atoms with Gasteiger partial charge in [-0.2, -0.15) is 0 Å². The van der Waals surface area contributed by atoms with E-state index in [0.717, 1.165) is 39.0 Å². The molecule has 3 unspecified atom stereocenters. The van der Waals surface area contributed by atoms with E-state index in [1.54, 1.807) is 24.3 Å². The maximum atomic E-state index is 13.7. The highest BCUT2D eigenvalue weighted by Gasteiger charge is 2.44. The van der Waals surface area contributed by atoms with Crippen molar-refractivity contribution < 1.29 is 13.9 Å². The topological polar surface area (TPSA) is 26.7 Å². The largest absolute Gasteiger partial charge is 0.380 e. The van der Waals surface area contributed by atoms with Crippen molar-refractivity contribution >= 4 is 17.4 Å². The van der Waals surface area contributed by atoms with Crippen LogP contribution in [0.3, 0.4) is 0 Å². The van der Waals surface area contributed by atoms with Crippen molar-refractivity contribution in [2.75, 3.05) is 36.8 Å². The van der Waals surface area contributed by atoms with Gasteiger partial charge in [0.2, 0.25) is 0 Å². The Hall–Kier alpha value is -2.41. The number of fused-ring (bicyclic) bond motifs is 3. The lowest BCUT2D eigenvalue weighted by molar-refractivity contribution is 0.0144. The lowest BCUT2D eigenvalue weighted by atomic mass is 9.75. The van der Waals surface area contributed by atoms with Gasteiger partial charge >= 0.3 is 0 Å². The van der Waals surface area contributed by atoms with Crippen molar-refractivity contribution in [2.24, 2.45) is 5.92 Å². The lowest BCUT2D eigenvalue weighted by Crippen LogP contribution is -2.47. The summed E-state index contributed by atoms with van der Waals surface area (Å²) in [6.07, 6.45) is 3.15. The highest BCUT2D eigenvalue weighted by atomic mass is 32.2. The fourth-order valence-electron chi connectivity index (χ4n) is 6.74. The van der Waals surface area contributed by atoms with E-state index in [4.69, 9.17) is 0 Å². The molecule has 3 aromatic rings. The molecule has 6 heteroatoms. The first-order valence-corrected chi connectivity index (χ1v) is 14.4. The summed E-state index contributed by atoms with van der Waals surface area (Å²) in [4.78, 5) is 6.68. The quantitative estimate of drug-likeness (QED) is 0.407. The van der Waals surface area contributed by atoms with E-state index in [2.05, 4.69) is 28.0 Å². The fraction of sp³-hybridized carbons (Fsp3) is 0.419. The van der Waals surface area contributed by atoms with Gasteiger partial charge in [0.1, 0.15) is 17.2 Å². The molecule has 3 atom stereocenters. The molecule has 0 amide bonds. The molecule has 3 aliphatic rings. The molecule has 37 heavy (non-hydrogen) atoms. The zero-order valence-electron chi connectivity index (χ0n) is 21.2. The summed E-state index contributed by atoms with van der Waals surface area (Å²) in [5.74, 6) is 0.882. The third-order valence-corrected chi connectivity index (χ3v) is 9.87. The molecular weight excluding hydrogens is 486 g/mol. The molecule has 0 spiro atoms. The zero-order valence-corrected chi connectivity index (χ0v) is 22.1. The predicted molar refractivity (Wildman–Crippen MR) is 146 cm³/mol. The third-order valence-electron chi connectivity index (χ3n) is 8.74. The number of rotatable bonds is 6. The van der Waals surface area contributed by atoms with Crippen molar-refractivity contribution in [3.8, 4) is 0 Å². The van der Waals surface area contributed by atoms with E-state index in [9.17, 15) is 13.9 Å². The summed E-state index contributed by atoms with van der Waals surface area (Å²) < 4.78 is 27.4. The van der Waals surface area contributed by atoms with E-state index in [0.29, 0.717) is 23.1 Å². The first kappa shape index (κ1) is 24.9. The molecule has 0 aromatic heterocycles. The summed E-state index contributed by atoms with van der Waals surface area (Å²) >= 11 is 2.00. The van der Waals surface area contributed by atoms with Gasteiger partial charge in [-0.25, -0.2) is 8.78 Å². The van der Waals surface area contributed by atoms with Crippen LogP contribution < -0.4 is 4.90 Å². The Morgan fingerprint density at radius 1 is 0.973 bits per heavy atom. The van der Waals surface area contributed by atoms with E-state index in [1.807, 2.05) is 18.7 Å². The second-order valence-corrected chi connectivity index (χ2v) is 12.0. The Kier molecular flexibility index (Phi) is 6.76. The monoisotopic (exact) mass is 520 g/mol. The SMILES string of the molecule is CC(CCN1CCC2C(C1)c1cccc3c1N2CCCS3)C(O)(c1ccc(F)cc1)c1ccc(F)cc1. The highest BCUT2D eigenvalue weighted by molar-refractivity contribution is 7.99. The average Bonchev–Trinajstić information content (AvgIpc) is 3.07. The standard InChI is InChI=1S/C31H34F2N2OS/c1-21(31(36,22-6-10-24(32)11-7-22)23-8-12-25(33)13-9-23)14-17-34-18-15-28-27(20-34)26-4-2-5-29-30(26)35(28)16-3-19-37-29/h2,4-13,21,27-28,36H,3,14-20H2,1H3. The molecule has 1 N–H and O–H groups in total. The Bertz CT molecular complexity index is 1200. The molecule has 194 valence electrons. The molecule has 6 rings (SSSR count). The van der Waals surface area contributed by atoms with Crippen LogP contribution in [0.2, 0.25) is 0 Å². The van der Waals surface area contributed by atoms with E-state index in [1.165, 1.54) is 52.6 Å². The zero-order chi connectivity index (χ0) is 25.6. The van der Waals surface area contributed by atoms with E-state index < -0.39 is 5.60 Å². The van der Waals surface area contributed by atoms with Crippen molar-refractivity contribution in [3.05, 3.63) is 95.1 Å². The summed E-state index contributed by atoms with van der Waals surface area (Å²) in [5.41, 5.74) is 2.92. The molecule has 0 aliphatic carbocycles. The second kappa shape index (κ2) is 10.0. The average molecular weight is 521 g/mol. The normalized spacial score (nSPS) is 22.3. The van der Waals surface area contributed by atoms with Gasteiger partial charge in [-0.1, -0.05) is 43.3 Å². The van der Waals surface area contributed by atoms with Crippen LogP contribution in [-0.2, 0) is 5.60 Å². The van der Waals surface area contributed by atoms with Gasteiger partial charge in [0.15, 0.2) is 0 Å². The summed E-state index contributed by atoms with van der Waals surface area (Å²) in [6.45, 7) is 6.14.